The van der Waals surface area contributed by atoms with Gasteiger partial charge in [0.25, 0.3) is 0 Å². The van der Waals surface area contributed by atoms with E-state index in [1.54, 1.807) is 30.3 Å². The molecule has 0 heterocycles. The Bertz CT molecular complexity index is 633. The summed E-state index contributed by atoms with van der Waals surface area (Å²) >= 11 is 0. The highest BCUT2D eigenvalue weighted by Crippen LogP contribution is 2.36. The number of aliphatic carboxylic acids is 1. The van der Waals surface area contributed by atoms with E-state index < -0.39 is 19.9 Å². The van der Waals surface area contributed by atoms with Crippen molar-refractivity contribution in [1.82, 2.24) is 0 Å². The molecule has 0 aliphatic heterocycles. The summed E-state index contributed by atoms with van der Waals surface area (Å²) in [5.74, 6) is -1.23. The van der Waals surface area contributed by atoms with Crippen molar-refractivity contribution in [2.75, 3.05) is 0 Å². The minimum atomic E-state index is -1.41. The highest BCUT2D eigenvalue weighted by atomic mass is 31.1. The number of carboxylic acid groups (broad SMARTS) is 1. The molecule has 0 amide bonds. The van der Waals surface area contributed by atoms with Gasteiger partial charge in [-0.2, -0.15) is 0 Å². The summed E-state index contributed by atoms with van der Waals surface area (Å²) in [5, 5.41) is 18.2. The normalized spacial score (nSPS) is 12.6. The minimum absolute atomic E-state index is 0.128. The van der Waals surface area contributed by atoms with Gasteiger partial charge in [0.05, 0.1) is 0 Å². The van der Waals surface area contributed by atoms with Crippen molar-refractivity contribution in [3.63, 3.8) is 0 Å². The van der Waals surface area contributed by atoms with Crippen LogP contribution in [0.4, 0.5) is 0 Å². The smallest absolute Gasteiger partial charge is 0.382 e. The fourth-order valence-corrected chi connectivity index (χ4v) is 2.95. The highest BCUT2D eigenvalue weighted by Gasteiger charge is 2.35. The molecule has 5 heteroatoms. The molecule has 2 rings (SSSR count). The van der Waals surface area contributed by atoms with Crippen molar-refractivity contribution < 1.29 is 19.6 Å². The van der Waals surface area contributed by atoms with Gasteiger partial charge in [0, 0.05) is 0 Å². The molecule has 0 aliphatic rings. The molecule has 2 N–H and O–H groups in total. The maximum atomic E-state index is 11.8. The first-order chi connectivity index (χ1) is 10.7. The third-order valence-electron chi connectivity index (χ3n) is 2.95. The van der Waals surface area contributed by atoms with Crippen LogP contribution in [0.3, 0.4) is 0 Å². The molecular formula is C18H22O4P+. The Hall–Kier alpha value is -2.03. The Morgan fingerprint density at radius 2 is 1.39 bits per heavy atom. The number of hydrogen-bond acceptors (Lipinski definition) is 3. The molecule has 2 aromatic carbocycles. The number of hydrogen-bond donors (Lipinski definition) is 2. The molecule has 0 saturated heterocycles. The Kier molecular flexibility index (Phi) is 7.08. The molecule has 1 unspecified atom stereocenters. The Labute approximate surface area is 137 Å². The van der Waals surface area contributed by atoms with Crippen molar-refractivity contribution in [3.8, 4) is 0 Å². The molecule has 4 nitrogen and oxygen atoms in total. The van der Waals surface area contributed by atoms with Crippen LogP contribution in [-0.4, -0.2) is 21.3 Å². The van der Waals surface area contributed by atoms with Gasteiger partial charge >= 0.3 is 13.8 Å². The molecule has 0 bridgehead atoms. The molecule has 2 aromatic rings. The molecule has 23 heavy (non-hydrogen) atoms. The highest BCUT2D eigenvalue weighted by molar-refractivity contribution is 7.55. The van der Waals surface area contributed by atoms with Crippen LogP contribution in [0.5, 0.6) is 0 Å². The van der Waals surface area contributed by atoms with E-state index in [9.17, 15) is 9.36 Å². The summed E-state index contributed by atoms with van der Waals surface area (Å²) in [5.41, 5.74) is 0.403. The summed E-state index contributed by atoms with van der Waals surface area (Å²) in [6, 6.07) is 17.9. The Morgan fingerprint density at radius 1 is 0.957 bits per heavy atom. The van der Waals surface area contributed by atoms with Crippen LogP contribution in [0.1, 0.15) is 32.4 Å². The van der Waals surface area contributed by atoms with E-state index in [4.69, 9.17) is 10.2 Å². The monoisotopic (exact) mass is 333 g/mol. The molecule has 0 radical (unpaired) electrons. The van der Waals surface area contributed by atoms with Gasteiger partial charge in [0.2, 0.25) is 0 Å². The quantitative estimate of drug-likeness (QED) is 0.839. The first-order valence-electron chi connectivity index (χ1n) is 7.21. The van der Waals surface area contributed by atoms with Gasteiger partial charge < -0.3 is 10.2 Å². The van der Waals surface area contributed by atoms with Gasteiger partial charge in [-0.25, -0.2) is 4.79 Å². The number of aliphatic hydroxyl groups excluding tert-OH is 1. The lowest BCUT2D eigenvalue weighted by Gasteiger charge is -2.03. The van der Waals surface area contributed by atoms with E-state index >= 15 is 0 Å². The number of carboxylic acids is 1. The summed E-state index contributed by atoms with van der Waals surface area (Å²) in [6.45, 7) is 6.00. The van der Waals surface area contributed by atoms with Crippen molar-refractivity contribution in [2.24, 2.45) is 0 Å². The Morgan fingerprint density at radius 3 is 1.78 bits per heavy atom. The van der Waals surface area contributed by atoms with Crippen LogP contribution in [0, 0.1) is 0 Å². The largest absolute Gasteiger partial charge is 0.479 e. The lowest BCUT2D eigenvalue weighted by atomic mass is 10.1. The zero-order valence-corrected chi connectivity index (χ0v) is 14.4. The second-order valence-electron chi connectivity index (χ2n) is 5.95. The molecular weight excluding hydrogens is 311 g/mol. The van der Waals surface area contributed by atoms with Crippen molar-refractivity contribution >= 4 is 19.1 Å². The van der Waals surface area contributed by atoms with Crippen molar-refractivity contribution in [2.45, 2.75) is 32.0 Å². The lowest BCUT2D eigenvalue weighted by Crippen LogP contribution is -2.13. The van der Waals surface area contributed by atoms with Gasteiger partial charge in [0.1, 0.15) is 0 Å². The van der Waals surface area contributed by atoms with Crippen molar-refractivity contribution in [3.05, 3.63) is 66.2 Å². The van der Waals surface area contributed by atoms with E-state index in [2.05, 4.69) is 0 Å². The average Bonchev–Trinajstić information content (AvgIpc) is 2.54. The van der Waals surface area contributed by atoms with Crippen molar-refractivity contribution in [1.29, 1.82) is 0 Å². The van der Waals surface area contributed by atoms with Crippen LogP contribution in [0.25, 0.3) is 0 Å². The number of benzene rings is 2. The third kappa shape index (κ3) is 6.31. The zero-order chi connectivity index (χ0) is 17.5. The summed E-state index contributed by atoms with van der Waals surface area (Å²) < 4.78 is 11.8. The first kappa shape index (κ1) is 19.0. The fourth-order valence-electron chi connectivity index (χ4n) is 1.73. The van der Waals surface area contributed by atoms with E-state index in [1.165, 1.54) is 0 Å². The second kappa shape index (κ2) is 8.56. The third-order valence-corrected chi connectivity index (χ3v) is 4.93. The maximum Gasteiger partial charge on any atom is 0.382 e. The van der Waals surface area contributed by atoms with Crippen LogP contribution in [-0.2, 0) is 9.36 Å². The first-order valence-corrected chi connectivity index (χ1v) is 8.47. The van der Waals surface area contributed by atoms with Gasteiger partial charge in [0.15, 0.2) is 16.6 Å². The average molecular weight is 333 g/mol. The molecule has 122 valence electrons. The SMILES string of the molecule is CC(C)(C)[P+](=O)c1ccccc1.O=C(O)[C@@H](O)c1ccccc1. The molecule has 0 aromatic heterocycles. The summed E-state index contributed by atoms with van der Waals surface area (Å²) in [6.07, 6.45) is -1.41. The summed E-state index contributed by atoms with van der Waals surface area (Å²) in [4.78, 5) is 10.2. The molecule has 0 aliphatic carbocycles. The minimum Gasteiger partial charge on any atom is -0.479 e. The van der Waals surface area contributed by atoms with E-state index in [-0.39, 0.29) is 5.16 Å². The second-order valence-corrected chi connectivity index (χ2v) is 8.40. The van der Waals surface area contributed by atoms with E-state index in [0.29, 0.717) is 5.56 Å². The standard InChI is InChI=1S/C10H14OP.C8H8O3/c1-10(2,3)12(11)9-7-5-4-6-8-9;9-7(8(10)11)6-4-2-1-3-5-6/h4-8H,1-3H3;1-5,7,9H,(H,10,11)/q+1;/t;7-/m.0/s1. The van der Waals surface area contributed by atoms with E-state index in [1.807, 2.05) is 51.1 Å². The zero-order valence-electron chi connectivity index (χ0n) is 13.5. The molecule has 2 atom stereocenters. The lowest BCUT2D eigenvalue weighted by molar-refractivity contribution is -0.146. The van der Waals surface area contributed by atoms with Gasteiger partial charge in [-0.1, -0.05) is 53.1 Å². The number of rotatable bonds is 3. The predicted molar refractivity (Wildman–Crippen MR) is 92.5 cm³/mol. The molecule has 0 spiro atoms. The summed E-state index contributed by atoms with van der Waals surface area (Å²) in [7, 11) is -1.27. The maximum absolute atomic E-state index is 11.8. The van der Waals surface area contributed by atoms with Crippen LogP contribution >= 0.6 is 7.80 Å². The number of aliphatic hydroxyl groups is 1. The van der Waals surface area contributed by atoms with Crippen LogP contribution in [0.2, 0.25) is 0 Å². The van der Waals surface area contributed by atoms with Crippen LogP contribution in [0.15, 0.2) is 60.7 Å². The molecule has 0 saturated carbocycles. The van der Waals surface area contributed by atoms with Crippen LogP contribution < -0.4 is 5.30 Å². The number of carbonyl (C=O) groups is 1. The molecule has 0 fully saturated rings. The Balaban J connectivity index is 0.000000231. The van der Waals surface area contributed by atoms with Gasteiger partial charge in [-0.15, -0.1) is 0 Å². The van der Waals surface area contributed by atoms with E-state index in [0.717, 1.165) is 5.30 Å². The fraction of sp³-hybridized carbons (Fsp3) is 0.278. The predicted octanol–water partition coefficient (Wildman–Crippen LogP) is 3.74. The van der Waals surface area contributed by atoms with Gasteiger partial charge in [-0.3, -0.25) is 0 Å². The van der Waals surface area contributed by atoms with Gasteiger partial charge in [-0.05, 0) is 38.5 Å². The topological polar surface area (TPSA) is 74.6 Å².